The summed E-state index contributed by atoms with van der Waals surface area (Å²) in [4.78, 5) is 0. The lowest BCUT2D eigenvalue weighted by Crippen LogP contribution is -1.94. The molecule has 1 nitrogen and oxygen atoms in total. The highest BCUT2D eigenvalue weighted by Crippen LogP contribution is 2.33. The van der Waals surface area contributed by atoms with Gasteiger partial charge in [-0.05, 0) is 24.7 Å². The molecule has 1 aliphatic carbocycles. The lowest BCUT2D eigenvalue weighted by Gasteiger charge is -2.08. The second-order valence-electron chi connectivity index (χ2n) is 7.72. The van der Waals surface area contributed by atoms with Crippen LogP contribution in [0.3, 0.4) is 0 Å². The molecular formula is C22H44O. The second-order valence-corrected chi connectivity index (χ2v) is 7.72. The Labute approximate surface area is 147 Å². The first kappa shape index (κ1) is 22.5. The molecule has 1 aliphatic rings. The third-order valence-electron chi connectivity index (χ3n) is 5.09. The molecule has 2 atom stereocenters. The SMILES string of the molecule is C=C(O)CCCCCC.CCCCCCCCC1CC[C@H](C)C1. The first-order chi connectivity index (χ1) is 11.1. The molecule has 0 spiro atoms. The number of unbranched alkanes of at least 4 members (excludes halogenated alkanes) is 8. The summed E-state index contributed by atoms with van der Waals surface area (Å²) in [6.07, 6.45) is 20.4. The standard InChI is InChI=1S/C14H28.C8H16O/c1-3-4-5-6-7-8-9-14-11-10-13(2)12-14;1-3-4-5-6-7-8(2)9/h13-14H,3-12H2,1-2H3;9H,2-7H2,1H3/t13-,14?;/m0./s1. The van der Waals surface area contributed by atoms with E-state index < -0.39 is 0 Å². The molecule has 23 heavy (non-hydrogen) atoms. The summed E-state index contributed by atoms with van der Waals surface area (Å²) in [7, 11) is 0. The van der Waals surface area contributed by atoms with Crippen LogP contribution in [-0.4, -0.2) is 5.11 Å². The molecule has 0 aromatic heterocycles. The molecule has 0 amide bonds. The van der Waals surface area contributed by atoms with E-state index >= 15 is 0 Å². The molecule has 0 aromatic carbocycles. The van der Waals surface area contributed by atoms with E-state index in [1.165, 1.54) is 83.5 Å². The maximum Gasteiger partial charge on any atom is 0.0851 e. The summed E-state index contributed by atoms with van der Waals surface area (Å²) in [5.74, 6) is 2.45. The van der Waals surface area contributed by atoms with Crippen LogP contribution < -0.4 is 0 Å². The minimum atomic E-state index is 0.325. The second kappa shape index (κ2) is 16.4. The van der Waals surface area contributed by atoms with Crippen molar-refractivity contribution in [3.8, 4) is 0 Å². The van der Waals surface area contributed by atoms with Crippen LogP contribution in [0.25, 0.3) is 0 Å². The van der Waals surface area contributed by atoms with Gasteiger partial charge in [0, 0.05) is 6.42 Å². The van der Waals surface area contributed by atoms with Gasteiger partial charge >= 0.3 is 0 Å². The summed E-state index contributed by atoms with van der Waals surface area (Å²) in [5.41, 5.74) is 0. The van der Waals surface area contributed by atoms with Gasteiger partial charge in [0.15, 0.2) is 0 Å². The predicted octanol–water partition coefficient (Wildman–Crippen LogP) is 8.20. The van der Waals surface area contributed by atoms with Crippen molar-refractivity contribution in [2.75, 3.05) is 0 Å². The molecule has 0 aliphatic heterocycles. The number of hydrogen-bond acceptors (Lipinski definition) is 1. The Morgan fingerprint density at radius 2 is 1.43 bits per heavy atom. The summed E-state index contributed by atoms with van der Waals surface area (Å²) >= 11 is 0. The fourth-order valence-electron chi connectivity index (χ4n) is 3.56. The molecule has 0 heterocycles. The smallest absolute Gasteiger partial charge is 0.0851 e. The van der Waals surface area contributed by atoms with Crippen LogP contribution in [0, 0.1) is 11.8 Å². The third kappa shape index (κ3) is 16.2. The molecule has 0 aromatic rings. The average molecular weight is 325 g/mol. The quantitative estimate of drug-likeness (QED) is 0.283. The zero-order chi connectivity index (χ0) is 17.3. The van der Waals surface area contributed by atoms with E-state index in [2.05, 4.69) is 27.4 Å². The topological polar surface area (TPSA) is 20.2 Å². The summed E-state index contributed by atoms with van der Waals surface area (Å²) in [6, 6.07) is 0. The van der Waals surface area contributed by atoms with Crippen molar-refractivity contribution in [3.63, 3.8) is 0 Å². The fraction of sp³-hybridized carbons (Fsp3) is 0.909. The van der Waals surface area contributed by atoms with E-state index in [0.29, 0.717) is 5.76 Å². The normalized spacial score (nSPS) is 20.1. The Morgan fingerprint density at radius 3 is 1.96 bits per heavy atom. The third-order valence-corrected chi connectivity index (χ3v) is 5.09. The van der Waals surface area contributed by atoms with Crippen LogP contribution in [-0.2, 0) is 0 Å². The Kier molecular flexibility index (Phi) is 16.1. The maximum atomic E-state index is 8.66. The van der Waals surface area contributed by atoms with Gasteiger partial charge in [-0.15, -0.1) is 0 Å². The predicted molar refractivity (Wildman–Crippen MR) is 105 cm³/mol. The van der Waals surface area contributed by atoms with Crippen LogP contribution in [0.2, 0.25) is 0 Å². The summed E-state index contributed by atoms with van der Waals surface area (Å²) < 4.78 is 0. The molecule has 1 heteroatoms. The van der Waals surface area contributed by atoms with Gasteiger partial charge in [0.05, 0.1) is 5.76 Å². The largest absolute Gasteiger partial charge is 0.513 e. The van der Waals surface area contributed by atoms with E-state index in [1.54, 1.807) is 0 Å². The monoisotopic (exact) mass is 324 g/mol. The maximum absolute atomic E-state index is 8.66. The first-order valence-corrected chi connectivity index (χ1v) is 10.5. The van der Waals surface area contributed by atoms with Crippen molar-refractivity contribution in [1.82, 2.24) is 0 Å². The van der Waals surface area contributed by atoms with Crippen molar-refractivity contribution < 1.29 is 5.11 Å². The number of rotatable bonds is 12. The molecule has 1 fully saturated rings. The number of allylic oxidation sites excluding steroid dienone is 1. The molecule has 1 N–H and O–H groups in total. The Balaban J connectivity index is 0.000000468. The highest BCUT2D eigenvalue weighted by molar-refractivity contribution is 4.77. The van der Waals surface area contributed by atoms with Crippen LogP contribution in [0.4, 0.5) is 0 Å². The van der Waals surface area contributed by atoms with E-state index in [-0.39, 0.29) is 0 Å². The van der Waals surface area contributed by atoms with E-state index in [9.17, 15) is 0 Å². The van der Waals surface area contributed by atoms with E-state index in [1.807, 2.05) is 0 Å². The summed E-state index contributed by atoms with van der Waals surface area (Å²) in [5, 5.41) is 8.66. The first-order valence-electron chi connectivity index (χ1n) is 10.5. The van der Waals surface area contributed by atoms with Crippen LogP contribution in [0.1, 0.15) is 117 Å². The molecule has 1 saturated carbocycles. The Hall–Kier alpha value is -0.460. The van der Waals surface area contributed by atoms with Crippen LogP contribution in [0.15, 0.2) is 12.3 Å². The van der Waals surface area contributed by atoms with Gasteiger partial charge in [0.1, 0.15) is 0 Å². The Morgan fingerprint density at radius 1 is 0.870 bits per heavy atom. The zero-order valence-corrected chi connectivity index (χ0v) is 16.4. The lowest BCUT2D eigenvalue weighted by molar-refractivity contribution is 0.383. The molecule has 0 bridgehead atoms. The molecule has 1 unspecified atom stereocenters. The number of aliphatic hydroxyl groups excluding tert-OH is 1. The van der Waals surface area contributed by atoms with Gasteiger partial charge in [-0.25, -0.2) is 0 Å². The molecule has 0 radical (unpaired) electrons. The van der Waals surface area contributed by atoms with Gasteiger partial charge in [-0.1, -0.05) is 104 Å². The minimum Gasteiger partial charge on any atom is -0.513 e. The highest BCUT2D eigenvalue weighted by Gasteiger charge is 2.20. The molecule has 1 rings (SSSR count). The minimum absolute atomic E-state index is 0.325. The molecular weight excluding hydrogens is 280 g/mol. The van der Waals surface area contributed by atoms with Crippen molar-refractivity contribution in [3.05, 3.63) is 12.3 Å². The molecule has 138 valence electrons. The summed E-state index contributed by atoms with van der Waals surface area (Å²) in [6.45, 7) is 10.3. The lowest BCUT2D eigenvalue weighted by atomic mass is 9.98. The van der Waals surface area contributed by atoms with Gasteiger partial charge < -0.3 is 5.11 Å². The zero-order valence-electron chi connectivity index (χ0n) is 16.4. The van der Waals surface area contributed by atoms with Crippen molar-refractivity contribution in [2.24, 2.45) is 11.8 Å². The van der Waals surface area contributed by atoms with E-state index in [0.717, 1.165) is 24.7 Å². The van der Waals surface area contributed by atoms with Crippen molar-refractivity contribution >= 4 is 0 Å². The average Bonchev–Trinajstić information content (AvgIpc) is 2.93. The van der Waals surface area contributed by atoms with Crippen LogP contribution >= 0.6 is 0 Å². The number of aliphatic hydroxyl groups is 1. The molecule has 0 saturated heterocycles. The van der Waals surface area contributed by atoms with Gasteiger partial charge in [-0.3, -0.25) is 0 Å². The van der Waals surface area contributed by atoms with E-state index in [4.69, 9.17) is 5.11 Å². The van der Waals surface area contributed by atoms with Crippen molar-refractivity contribution in [1.29, 1.82) is 0 Å². The van der Waals surface area contributed by atoms with Gasteiger partial charge in [0.25, 0.3) is 0 Å². The highest BCUT2D eigenvalue weighted by atomic mass is 16.3. The number of hydrogen-bond donors (Lipinski definition) is 1. The van der Waals surface area contributed by atoms with Gasteiger partial charge in [0.2, 0.25) is 0 Å². The van der Waals surface area contributed by atoms with Gasteiger partial charge in [-0.2, -0.15) is 0 Å². The fourth-order valence-corrected chi connectivity index (χ4v) is 3.56. The Bertz CT molecular complexity index is 259. The van der Waals surface area contributed by atoms with Crippen molar-refractivity contribution in [2.45, 2.75) is 117 Å². The van der Waals surface area contributed by atoms with Crippen LogP contribution in [0.5, 0.6) is 0 Å².